The van der Waals surface area contributed by atoms with Crippen LogP contribution in [0, 0.1) is 11.8 Å². The van der Waals surface area contributed by atoms with E-state index in [2.05, 4.69) is 0 Å². The largest absolute Gasteiger partial charge is 0.478 e. The third-order valence-electron chi connectivity index (χ3n) is 4.97. The number of aromatic carboxylic acids is 1. The molecule has 1 heterocycles. The second-order valence-electron chi connectivity index (χ2n) is 6.20. The van der Waals surface area contributed by atoms with Crippen molar-refractivity contribution in [1.29, 1.82) is 0 Å². The van der Waals surface area contributed by atoms with Crippen molar-refractivity contribution in [3.63, 3.8) is 0 Å². The number of fused-ring (bicyclic) bond motifs is 1. The molecule has 2 fully saturated rings. The molecule has 2 atom stereocenters. The van der Waals surface area contributed by atoms with Gasteiger partial charge in [-0.3, -0.25) is 4.79 Å². The van der Waals surface area contributed by atoms with Crippen LogP contribution in [0.3, 0.4) is 0 Å². The molecule has 112 valence electrons. The van der Waals surface area contributed by atoms with Gasteiger partial charge >= 0.3 is 5.97 Å². The number of carbonyl (C=O) groups is 2. The van der Waals surface area contributed by atoms with Gasteiger partial charge in [-0.2, -0.15) is 0 Å². The smallest absolute Gasteiger partial charge is 0.336 e. The molecule has 0 bridgehead atoms. The number of hydrogen-bond donors (Lipinski definition) is 1. The highest BCUT2D eigenvalue weighted by Gasteiger charge is 2.33. The van der Waals surface area contributed by atoms with E-state index in [0.717, 1.165) is 25.4 Å². The van der Waals surface area contributed by atoms with Gasteiger partial charge in [-0.25, -0.2) is 4.79 Å². The van der Waals surface area contributed by atoms with Gasteiger partial charge < -0.3 is 10.0 Å². The number of piperidine rings is 1. The Balaban J connectivity index is 1.78. The highest BCUT2D eigenvalue weighted by atomic mass is 16.4. The summed E-state index contributed by atoms with van der Waals surface area (Å²) in [6.45, 7) is 1.55. The molecule has 1 aliphatic carbocycles. The van der Waals surface area contributed by atoms with Crippen LogP contribution >= 0.6 is 0 Å². The summed E-state index contributed by atoms with van der Waals surface area (Å²) >= 11 is 0. The minimum Gasteiger partial charge on any atom is -0.478 e. The zero-order valence-corrected chi connectivity index (χ0v) is 12.1. The summed E-state index contributed by atoms with van der Waals surface area (Å²) in [6, 6.07) is 6.52. The van der Waals surface area contributed by atoms with Gasteiger partial charge in [0, 0.05) is 13.1 Å². The molecule has 0 spiro atoms. The first kappa shape index (κ1) is 14.1. The molecule has 1 N–H and O–H groups in total. The summed E-state index contributed by atoms with van der Waals surface area (Å²) in [7, 11) is 0. The van der Waals surface area contributed by atoms with Gasteiger partial charge in [0.2, 0.25) is 0 Å². The molecule has 2 aliphatic rings. The Morgan fingerprint density at radius 1 is 1.00 bits per heavy atom. The monoisotopic (exact) mass is 287 g/mol. The Bertz CT molecular complexity index is 555. The first-order chi connectivity index (χ1) is 10.2. The molecule has 0 aromatic heterocycles. The van der Waals surface area contributed by atoms with Crippen molar-refractivity contribution in [2.24, 2.45) is 11.8 Å². The predicted molar refractivity (Wildman–Crippen MR) is 79.4 cm³/mol. The summed E-state index contributed by atoms with van der Waals surface area (Å²) in [6.07, 6.45) is 6.13. The molecular formula is C17H21NO3. The number of benzene rings is 1. The van der Waals surface area contributed by atoms with E-state index in [1.54, 1.807) is 18.2 Å². The highest BCUT2D eigenvalue weighted by molar-refractivity contribution is 6.04. The van der Waals surface area contributed by atoms with Gasteiger partial charge in [0.25, 0.3) is 5.91 Å². The van der Waals surface area contributed by atoms with Crippen LogP contribution in [0.2, 0.25) is 0 Å². The molecule has 4 heteroatoms. The first-order valence-electron chi connectivity index (χ1n) is 7.78. The SMILES string of the molecule is O=C(O)c1ccccc1C(=O)N1CC[C@H]2CCCC[C@@H]2C1. The van der Waals surface area contributed by atoms with E-state index in [-0.39, 0.29) is 11.5 Å². The molecule has 1 saturated heterocycles. The molecule has 21 heavy (non-hydrogen) atoms. The van der Waals surface area contributed by atoms with E-state index in [4.69, 9.17) is 0 Å². The van der Waals surface area contributed by atoms with E-state index >= 15 is 0 Å². The van der Waals surface area contributed by atoms with Crippen LogP contribution in [-0.4, -0.2) is 35.0 Å². The van der Waals surface area contributed by atoms with Crippen LogP contribution in [0.15, 0.2) is 24.3 Å². The molecule has 1 aromatic carbocycles. The molecule has 3 rings (SSSR count). The van der Waals surface area contributed by atoms with Gasteiger partial charge in [0.15, 0.2) is 0 Å². The van der Waals surface area contributed by atoms with Crippen LogP contribution in [0.1, 0.15) is 52.8 Å². The zero-order valence-electron chi connectivity index (χ0n) is 12.1. The van der Waals surface area contributed by atoms with Crippen LogP contribution in [0.25, 0.3) is 0 Å². The topological polar surface area (TPSA) is 57.6 Å². The molecule has 4 nitrogen and oxygen atoms in total. The minimum atomic E-state index is -1.04. The Hall–Kier alpha value is -1.84. The van der Waals surface area contributed by atoms with Crippen molar-refractivity contribution in [1.82, 2.24) is 4.90 Å². The van der Waals surface area contributed by atoms with Crippen LogP contribution in [0.4, 0.5) is 0 Å². The highest BCUT2D eigenvalue weighted by Crippen LogP contribution is 2.36. The van der Waals surface area contributed by atoms with Crippen molar-refractivity contribution in [3.8, 4) is 0 Å². The van der Waals surface area contributed by atoms with Crippen molar-refractivity contribution < 1.29 is 14.7 Å². The Kier molecular flexibility index (Phi) is 3.95. The summed E-state index contributed by atoms with van der Waals surface area (Å²) in [4.78, 5) is 25.8. The number of carboxylic acid groups (broad SMARTS) is 1. The normalized spacial score (nSPS) is 25.2. The van der Waals surface area contributed by atoms with Crippen LogP contribution < -0.4 is 0 Å². The lowest BCUT2D eigenvalue weighted by Gasteiger charge is -2.41. The lowest BCUT2D eigenvalue weighted by molar-refractivity contribution is 0.0512. The number of rotatable bonds is 2. The maximum absolute atomic E-state index is 12.7. The zero-order chi connectivity index (χ0) is 14.8. The molecule has 1 aromatic rings. The number of carbonyl (C=O) groups excluding carboxylic acids is 1. The predicted octanol–water partition coefficient (Wildman–Crippen LogP) is 3.04. The average molecular weight is 287 g/mol. The number of nitrogens with zero attached hydrogens (tertiary/aromatic N) is 1. The fourth-order valence-electron chi connectivity index (χ4n) is 3.81. The maximum atomic E-state index is 12.7. The van der Waals surface area contributed by atoms with E-state index < -0.39 is 5.97 Å². The maximum Gasteiger partial charge on any atom is 0.336 e. The summed E-state index contributed by atoms with van der Waals surface area (Å²) in [5.41, 5.74) is 0.424. The standard InChI is InChI=1S/C17H21NO3/c19-16(14-7-3-4-8-15(14)17(20)21)18-10-9-12-5-1-2-6-13(12)11-18/h3-4,7-8,12-13H,1-2,5-6,9-11H2,(H,20,21)/t12-,13-/m1/s1. The molecule has 1 aliphatic heterocycles. The van der Waals surface area contributed by atoms with Gasteiger partial charge in [-0.05, 0) is 36.8 Å². The minimum absolute atomic E-state index is 0.105. The molecule has 1 saturated carbocycles. The second kappa shape index (κ2) is 5.88. The molecule has 1 amide bonds. The third-order valence-corrected chi connectivity index (χ3v) is 4.97. The van der Waals surface area contributed by atoms with Gasteiger partial charge in [0.05, 0.1) is 11.1 Å². The van der Waals surface area contributed by atoms with Crippen LogP contribution in [-0.2, 0) is 0 Å². The van der Waals surface area contributed by atoms with E-state index in [0.29, 0.717) is 11.5 Å². The average Bonchev–Trinajstić information content (AvgIpc) is 2.53. The lowest BCUT2D eigenvalue weighted by atomic mass is 9.75. The molecule has 0 radical (unpaired) electrons. The second-order valence-corrected chi connectivity index (χ2v) is 6.20. The Morgan fingerprint density at radius 3 is 2.38 bits per heavy atom. The third kappa shape index (κ3) is 2.80. The summed E-state index contributed by atoms with van der Waals surface area (Å²) in [5.74, 6) is 0.203. The van der Waals surface area contributed by atoms with Crippen LogP contribution in [0.5, 0.6) is 0 Å². The van der Waals surface area contributed by atoms with E-state index in [1.807, 2.05) is 4.90 Å². The van der Waals surface area contributed by atoms with E-state index in [1.165, 1.54) is 31.7 Å². The number of carboxylic acids is 1. The van der Waals surface area contributed by atoms with E-state index in [9.17, 15) is 14.7 Å². The van der Waals surface area contributed by atoms with Crippen molar-refractivity contribution in [3.05, 3.63) is 35.4 Å². The summed E-state index contributed by atoms with van der Waals surface area (Å²) < 4.78 is 0. The van der Waals surface area contributed by atoms with Gasteiger partial charge in [-0.1, -0.05) is 31.4 Å². The van der Waals surface area contributed by atoms with Crippen molar-refractivity contribution >= 4 is 11.9 Å². The molecular weight excluding hydrogens is 266 g/mol. The summed E-state index contributed by atoms with van der Waals surface area (Å²) in [5, 5.41) is 9.23. The van der Waals surface area contributed by atoms with Crippen molar-refractivity contribution in [2.75, 3.05) is 13.1 Å². The fourth-order valence-corrected chi connectivity index (χ4v) is 3.81. The lowest BCUT2D eigenvalue weighted by Crippen LogP contribution is -2.45. The first-order valence-corrected chi connectivity index (χ1v) is 7.78. The number of amides is 1. The van der Waals surface area contributed by atoms with Crippen molar-refractivity contribution in [2.45, 2.75) is 32.1 Å². The Labute approximate surface area is 124 Å². The quantitative estimate of drug-likeness (QED) is 0.909. The number of likely N-dealkylation sites (tertiary alicyclic amines) is 1. The van der Waals surface area contributed by atoms with Gasteiger partial charge in [-0.15, -0.1) is 0 Å². The molecule has 0 unspecified atom stereocenters. The number of hydrogen-bond acceptors (Lipinski definition) is 2. The van der Waals surface area contributed by atoms with Gasteiger partial charge in [0.1, 0.15) is 0 Å². The fraction of sp³-hybridized carbons (Fsp3) is 0.529. The Morgan fingerprint density at radius 2 is 1.67 bits per heavy atom.